The summed E-state index contributed by atoms with van der Waals surface area (Å²) in [7, 11) is 0. The molecule has 1 N–H and O–H groups in total. The third-order valence-corrected chi connectivity index (χ3v) is 9.62. The number of esters is 1. The van der Waals surface area contributed by atoms with Crippen molar-refractivity contribution in [3.8, 4) is 0 Å². The zero-order valence-electron chi connectivity index (χ0n) is 23.6. The van der Waals surface area contributed by atoms with E-state index in [1.165, 1.54) is 49.7 Å². The van der Waals surface area contributed by atoms with E-state index in [-0.39, 0.29) is 12.1 Å². The summed E-state index contributed by atoms with van der Waals surface area (Å²) in [5.74, 6) is 1.91. The van der Waals surface area contributed by atoms with Crippen LogP contribution in [-0.4, -0.2) is 22.8 Å². The maximum Gasteiger partial charge on any atom is 0.338 e. The van der Waals surface area contributed by atoms with Gasteiger partial charge in [-0.1, -0.05) is 74.8 Å². The molecule has 3 nitrogen and oxygen atoms in total. The molecule has 0 bridgehead atoms. The lowest BCUT2D eigenvalue weighted by Gasteiger charge is -2.44. The first-order valence-electron chi connectivity index (χ1n) is 14.6. The molecule has 0 spiro atoms. The Morgan fingerprint density at radius 3 is 2.68 bits per heavy atom. The van der Waals surface area contributed by atoms with E-state index < -0.39 is 5.60 Å². The molecule has 0 aliphatic heterocycles. The first-order valence-corrected chi connectivity index (χ1v) is 14.6. The predicted octanol–water partition coefficient (Wildman–Crippen LogP) is 8.60. The van der Waals surface area contributed by atoms with Gasteiger partial charge in [0.1, 0.15) is 6.10 Å². The molecule has 0 amide bonds. The minimum absolute atomic E-state index is 0.0833. The Kier molecular flexibility index (Phi) is 8.84. The van der Waals surface area contributed by atoms with Crippen LogP contribution >= 0.6 is 0 Å². The van der Waals surface area contributed by atoms with Crippen molar-refractivity contribution in [2.45, 2.75) is 110 Å². The van der Waals surface area contributed by atoms with E-state index in [2.05, 4.69) is 32.6 Å². The van der Waals surface area contributed by atoms with Crippen LogP contribution in [0.3, 0.4) is 0 Å². The van der Waals surface area contributed by atoms with Crippen molar-refractivity contribution >= 4 is 5.97 Å². The van der Waals surface area contributed by atoms with Crippen LogP contribution in [0.2, 0.25) is 0 Å². The van der Waals surface area contributed by atoms with Gasteiger partial charge in [-0.15, -0.1) is 0 Å². The van der Waals surface area contributed by atoms with Crippen molar-refractivity contribution < 1.29 is 14.6 Å². The van der Waals surface area contributed by atoms with Gasteiger partial charge in [0, 0.05) is 6.42 Å². The van der Waals surface area contributed by atoms with Crippen molar-refractivity contribution in [2.24, 2.45) is 23.2 Å². The van der Waals surface area contributed by atoms with Gasteiger partial charge in [-0.3, -0.25) is 0 Å². The number of fused-ring (bicyclic) bond motifs is 1. The molecule has 5 atom stereocenters. The topological polar surface area (TPSA) is 46.5 Å². The van der Waals surface area contributed by atoms with E-state index in [0.717, 1.165) is 38.0 Å². The molecule has 3 saturated carbocycles. The van der Waals surface area contributed by atoms with Crippen LogP contribution in [0.1, 0.15) is 109 Å². The van der Waals surface area contributed by atoms with Crippen molar-refractivity contribution in [1.29, 1.82) is 0 Å². The van der Waals surface area contributed by atoms with Gasteiger partial charge in [0.05, 0.1) is 11.2 Å². The molecule has 202 valence electrons. The molecule has 0 saturated heterocycles. The van der Waals surface area contributed by atoms with Gasteiger partial charge in [-0.25, -0.2) is 4.79 Å². The van der Waals surface area contributed by atoms with Crippen LogP contribution in [0, 0.1) is 23.2 Å². The summed E-state index contributed by atoms with van der Waals surface area (Å²) < 4.78 is 5.87. The monoisotopic (exact) mass is 504 g/mol. The van der Waals surface area contributed by atoms with Gasteiger partial charge < -0.3 is 9.84 Å². The van der Waals surface area contributed by atoms with Crippen molar-refractivity contribution in [2.75, 3.05) is 0 Å². The molecule has 0 aromatic heterocycles. The number of hydrogen-bond donors (Lipinski definition) is 1. The largest absolute Gasteiger partial charge is 0.458 e. The lowest BCUT2D eigenvalue weighted by molar-refractivity contribution is 0.0270. The number of rotatable bonds is 8. The fraction of sp³-hybridized carbons (Fsp3) is 0.618. The second-order valence-corrected chi connectivity index (χ2v) is 13.0. The minimum Gasteiger partial charge on any atom is -0.458 e. The maximum absolute atomic E-state index is 12.6. The highest BCUT2D eigenvalue weighted by atomic mass is 16.5. The van der Waals surface area contributed by atoms with E-state index >= 15 is 0 Å². The van der Waals surface area contributed by atoms with Gasteiger partial charge in [0.25, 0.3) is 0 Å². The van der Waals surface area contributed by atoms with E-state index in [1.807, 2.05) is 44.2 Å². The van der Waals surface area contributed by atoms with E-state index in [1.54, 1.807) is 5.57 Å². The summed E-state index contributed by atoms with van der Waals surface area (Å²) in [6.07, 6.45) is 16.7. The smallest absolute Gasteiger partial charge is 0.338 e. The Morgan fingerprint density at radius 1 is 1.19 bits per heavy atom. The number of allylic oxidation sites excluding steroid dienone is 4. The number of hydrogen-bond acceptors (Lipinski definition) is 3. The highest BCUT2D eigenvalue weighted by Gasteiger charge is 2.50. The lowest BCUT2D eigenvalue weighted by Crippen LogP contribution is -2.36. The predicted molar refractivity (Wildman–Crippen MR) is 152 cm³/mol. The van der Waals surface area contributed by atoms with Crippen molar-refractivity contribution in [3.63, 3.8) is 0 Å². The number of ether oxygens (including phenoxy) is 1. The number of carbonyl (C=O) groups is 1. The standard InChI is InChI=1S/C34H48O3/c1-24-15-18-29(37-32(35)27-12-7-6-8-13-27)23-28(24)17-16-26-14-10-22-34(5)30(19-20-31(26)34)25(2)11-9-21-33(3,4)36/h6-8,12-13,16-17,25,29-31,36H,1,9-11,14-15,18-23H2,2-5H3/t25-,29+,30-,31-,34-/m1/s1. The van der Waals surface area contributed by atoms with Crippen LogP contribution in [0.5, 0.6) is 0 Å². The molecule has 4 rings (SSSR count). The summed E-state index contributed by atoms with van der Waals surface area (Å²) in [6, 6.07) is 9.29. The van der Waals surface area contributed by atoms with E-state index in [9.17, 15) is 9.90 Å². The average molecular weight is 505 g/mol. The second kappa shape index (κ2) is 11.7. The van der Waals surface area contributed by atoms with Gasteiger partial charge in [-0.2, -0.15) is 0 Å². The number of benzene rings is 1. The molecule has 3 fully saturated rings. The van der Waals surface area contributed by atoms with Crippen molar-refractivity contribution in [1.82, 2.24) is 0 Å². The molecule has 1 aromatic rings. The van der Waals surface area contributed by atoms with Gasteiger partial charge >= 0.3 is 5.97 Å². The van der Waals surface area contributed by atoms with Gasteiger partial charge in [-0.05, 0) is 106 Å². The quantitative estimate of drug-likeness (QED) is 0.361. The Bertz CT molecular complexity index is 1010. The highest BCUT2D eigenvalue weighted by Crippen LogP contribution is 2.60. The molecule has 1 aromatic carbocycles. The molecule has 3 aliphatic rings. The molecule has 0 unspecified atom stereocenters. The van der Waals surface area contributed by atoms with Crippen LogP contribution in [-0.2, 0) is 4.74 Å². The minimum atomic E-state index is -0.557. The zero-order chi connectivity index (χ0) is 26.6. The Morgan fingerprint density at radius 2 is 1.95 bits per heavy atom. The average Bonchev–Trinajstić information content (AvgIpc) is 3.21. The first kappa shape index (κ1) is 27.9. The SMILES string of the molecule is C=C1CC[C@H](OC(=O)c2ccccc2)CC1=CC=C1CCC[C@@]2(C)[C@@H]1CC[C@@H]2[C@H](C)CCCC(C)(C)O. The molecule has 3 heteroatoms. The van der Waals surface area contributed by atoms with Crippen LogP contribution < -0.4 is 0 Å². The van der Waals surface area contributed by atoms with E-state index in [4.69, 9.17) is 4.74 Å². The Labute approximate surface area is 225 Å². The van der Waals surface area contributed by atoms with Gasteiger partial charge in [0.15, 0.2) is 0 Å². The summed E-state index contributed by atoms with van der Waals surface area (Å²) in [5, 5.41) is 10.1. The molecule has 3 aliphatic carbocycles. The third kappa shape index (κ3) is 6.85. The molecule has 37 heavy (non-hydrogen) atoms. The zero-order valence-corrected chi connectivity index (χ0v) is 23.6. The summed E-state index contributed by atoms with van der Waals surface area (Å²) in [4.78, 5) is 12.6. The maximum atomic E-state index is 12.6. The van der Waals surface area contributed by atoms with Gasteiger partial charge in [0.2, 0.25) is 0 Å². The molecule has 0 radical (unpaired) electrons. The Balaban J connectivity index is 1.41. The summed E-state index contributed by atoms with van der Waals surface area (Å²) >= 11 is 0. The van der Waals surface area contributed by atoms with Crippen LogP contribution in [0.15, 0.2) is 65.8 Å². The first-order chi connectivity index (χ1) is 17.6. The third-order valence-electron chi connectivity index (χ3n) is 9.62. The molecular weight excluding hydrogens is 456 g/mol. The van der Waals surface area contributed by atoms with Crippen LogP contribution in [0.4, 0.5) is 0 Å². The molecular formula is C34H48O3. The highest BCUT2D eigenvalue weighted by molar-refractivity contribution is 5.89. The number of aliphatic hydroxyl groups is 1. The number of carbonyl (C=O) groups excluding carboxylic acids is 1. The summed E-state index contributed by atoms with van der Waals surface area (Å²) in [5.41, 5.74) is 4.49. The fourth-order valence-electron chi connectivity index (χ4n) is 7.55. The van der Waals surface area contributed by atoms with Crippen LogP contribution in [0.25, 0.3) is 0 Å². The normalized spacial score (nSPS) is 31.4. The Hall–Kier alpha value is -2.13. The molecule has 0 heterocycles. The van der Waals surface area contributed by atoms with Crippen molar-refractivity contribution in [3.05, 3.63) is 71.3 Å². The van der Waals surface area contributed by atoms with E-state index in [0.29, 0.717) is 22.8 Å². The fourth-order valence-corrected chi connectivity index (χ4v) is 7.55. The summed E-state index contributed by atoms with van der Waals surface area (Å²) in [6.45, 7) is 13.2. The second-order valence-electron chi connectivity index (χ2n) is 13.0. The lowest BCUT2D eigenvalue weighted by atomic mass is 9.60.